The molecule has 1 fully saturated rings. The van der Waals surface area contributed by atoms with E-state index in [0.29, 0.717) is 5.02 Å². The van der Waals surface area contributed by atoms with Crippen LogP contribution in [0, 0.1) is 0 Å². The van der Waals surface area contributed by atoms with Gasteiger partial charge in [-0.05, 0) is 37.7 Å². The minimum absolute atomic E-state index is 0.707. The highest BCUT2D eigenvalue weighted by Gasteiger charge is 2.26. The quantitative estimate of drug-likeness (QED) is 0.753. The zero-order valence-electron chi connectivity index (χ0n) is 13.9. The van der Waals surface area contributed by atoms with E-state index in [-0.39, 0.29) is 0 Å². The molecular formula is C18H20ClN3OS. The summed E-state index contributed by atoms with van der Waals surface area (Å²) in [4.78, 5) is 11.0. The maximum atomic E-state index is 6.26. The van der Waals surface area contributed by atoms with Crippen LogP contribution in [0.3, 0.4) is 0 Å². The fourth-order valence-electron chi connectivity index (χ4n) is 3.04. The van der Waals surface area contributed by atoms with Gasteiger partial charge in [-0.2, -0.15) is 0 Å². The second-order valence-electron chi connectivity index (χ2n) is 6.21. The second kappa shape index (κ2) is 6.39. The van der Waals surface area contributed by atoms with Crippen molar-refractivity contribution in [1.29, 1.82) is 0 Å². The van der Waals surface area contributed by atoms with E-state index in [0.717, 1.165) is 60.5 Å². The number of piperazine rings is 1. The Morgan fingerprint density at radius 1 is 1.21 bits per heavy atom. The van der Waals surface area contributed by atoms with Crippen LogP contribution >= 0.6 is 22.9 Å². The Kier molecular flexibility index (Phi) is 4.24. The fourth-order valence-corrected chi connectivity index (χ4v) is 4.10. The zero-order chi connectivity index (χ0) is 16.7. The van der Waals surface area contributed by atoms with Crippen molar-refractivity contribution in [3.05, 3.63) is 39.7 Å². The molecule has 1 aromatic carbocycles. The van der Waals surface area contributed by atoms with Crippen molar-refractivity contribution in [2.24, 2.45) is 4.99 Å². The lowest BCUT2D eigenvalue weighted by molar-refractivity contribution is 0.215. The molecule has 0 unspecified atom stereocenters. The predicted molar refractivity (Wildman–Crippen MR) is 100 cm³/mol. The maximum absolute atomic E-state index is 6.26. The van der Waals surface area contributed by atoms with Crippen LogP contribution in [-0.4, -0.2) is 48.9 Å². The van der Waals surface area contributed by atoms with Crippen molar-refractivity contribution in [2.45, 2.75) is 13.3 Å². The van der Waals surface area contributed by atoms with Gasteiger partial charge in [0.25, 0.3) is 0 Å². The Hall–Kier alpha value is -1.56. The zero-order valence-corrected chi connectivity index (χ0v) is 15.5. The summed E-state index contributed by atoms with van der Waals surface area (Å²) >= 11 is 7.93. The van der Waals surface area contributed by atoms with Crippen molar-refractivity contribution in [3.63, 3.8) is 0 Å². The molecule has 0 amide bonds. The molecule has 24 heavy (non-hydrogen) atoms. The first-order valence-corrected chi connectivity index (χ1v) is 9.46. The lowest BCUT2D eigenvalue weighted by Crippen LogP contribution is -2.47. The highest BCUT2D eigenvalue weighted by Crippen LogP contribution is 2.44. The number of amidine groups is 1. The second-order valence-corrected chi connectivity index (χ2v) is 7.74. The molecule has 3 heterocycles. The lowest BCUT2D eigenvalue weighted by Gasteiger charge is -2.34. The summed E-state index contributed by atoms with van der Waals surface area (Å²) in [6.45, 7) is 6.14. The van der Waals surface area contributed by atoms with Crippen LogP contribution in [0.2, 0.25) is 5.02 Å². The predicted octanol–water partition coefficient (Wildman–Crippen LogP) is 4.40. The van der Waals surface area contributed by atoms with Crippen LogP contribution in [-0.2, 0) is 6.42 Å². The molecule has 0 aliphatic carbocycles. The number of halogens is 1. The van der Waals surface area contributed by atoms with Gasteiger partial charge < -0.3 is 14.5 Å². The molecule has 0 bridgehead atoms. The number of thiophene rings is 1. The summed E-state index contributed by atoms with van der Waals surface area (Å²) in [5.41, 5.74) is 1.91. The summed E-state index contributed by atoms with van der Waals surface area (Å²) in [5, 5.41) is 1.58. The molecule has 0 N–H and O–H groups in total. The third-order valence-corrected chi connectivity index (χ3v) is 5.88. The molecule has 1 saturated heterocycles. The van der Waals surface area contributed by atoms with Gasteiger partial charge in [0.1, 0.15) is 17.3 Å². The van der Waals surface area contributed by atoms with Gasteiger partial charge in [0, 0.05) is 36.1 Å². The molecule has 4 nitrogen and oxygen atoms in total. The number of hydrogen-bond acceptors (Lipinski definition) is 5. The van der Waals surface area contributed by atoms with Gasteiger partial charge in [-0.25, -0.2) is 4.99 Å². The number of rotatable bonds is 1. The summed E-state index contributed by atoms with van der Waals surface area (Å²) < 4.78 is 6.19. The molecule has 6 heteroatoms. The van der Waals surface area contributed by atoms with E-state index in [4.69, 9.17) is 21.3 Å². The Balaban J connectivity index is 1.82. The molecule has 1 aromatic heterocycles. The number of aliphatic imine (C=N–C) groups is 1. The van der Waals surface area contributed by atoms with Gasteiger partial charge in [-0.3, -0.25) is 0 Å². The van der Waals surface area contributed by atoms with E-state index >= 15 is 0 Å². The topological polar surface area (TPSA) is 28.1 Å². The van der Waals surface area contributed by atoms with Crippen LogP contribution in [0.5, 0.6) is 10.8 Å². The van der Waals surface area contributed by atoms with Gasteiger partial charge in [0.2, 0.25) is 5.06 Å². The average molecular weight is 362 g/mol. The smallest absolute Gasteiger partial charge is 0.207 e. The van der Waals surface area contributed by atoms with E-state index in [2.05, 4.69) is 29.8 Å². The minimum atomic E-state index is 0.707. The molecule has 0 spiro atoms. The summed E-state index contributed by atoms with van der Waals surface area (Å²) in [6.07, 6.45) is 0.994. The minimum Gasteiger partial charge on any atom is -0.444 e. The molecule has 4 rings (SSSR count). The normalized spacial score (nSPS) is 17.6. The Bertz CT molecular complexity index is 794. The highest BCUT2D eigenvalue weighted by molar-refractivity contribution is 7.14. The highest BCUT2D eigenvalue weighted by atomic mass is 35.5. The van der Waals surface area contributed by atoms with E-state index in [1.807, 2.05) is 18.2 Å². The van der Waals surface area contributed by atoms with Crippen LogP contribution in [0.15, 0.2) is 29.3 Å². The first kappa shape index (κ1) is 15.9. The van der Waals surface area contributed by atoms with Crippen molar-refractivity contribution >= 4 is 34.5 Å². The van der Waals surface area contributed by atoms with Gasteiger partial charge >= 0.3 is 0 Å². The van der Waals surface area contributed by atoms with Crippen molar-refractivity contribution in [2.75, 3.05) is 33.2 Å². The summed E-state index contributed by atoms with van der Waals surface area (Å²) in [7, 11) is 2.16. The fraction of sp³-hybridized carbons (Fsp3) is 0.389. The Labute approximate surface area is 151 Å². The average Bonchev–Trinajstić information content (AvgIpc) is 2.91. The number of aryl methyl sites for hydroxylation is 1. The summed E-state index contributed by atoms with van der Waals surface area (Å²) in [6, 6.07) is 7.93. The van der Waals surface area contributed by atoms with Crippen LogP contribution in [0.1, 0.15) is 17.4 Å². The maximum Gasteiger partial charge on any atom is 0.207 e. The van der Waals surface area contributed by atoms with Gasteiger partial charge in [-0.15, -0.1) is 11.3 Å². The van der Waals surface area contributed by atoms with Crippen molar-refractivity contribution in [3.8, 4) is 10.8 Å². The molecule has 2 aliphatic heterocycles. The van der Waals surface area contributed by atoms with Crippen molar-refractivity contribution in [1.82, 2.24) is 9.80 Å². The number of nitrogens with zero attached hydrogens (tertiary/aromatic N) is 3. The van der Waals surface area contributed by atoms with Crippen molar-refractivity contribution < 1.29 is 4.74 Å². The molecule has 2 aromatic rings. The van der Waals surface area contributed by atoms with E-state index in [9.17, 15) is 0 Å². The number of hydrogen-bond donors (Lipinski definition) is 0. The molecular weight excluding hydrogens is 342 g/mol. The number of likely N-dealkylation sites (N-methyl/N-ethyl adjacent to an activating group) is 1. The standard InChI is InChI=1S/C18H20ClN3OS/c1-3-13-11-15-18(24-13)23-16-5-4-12(19)10-14(16)17(20-15)22-8-6-21(2)7-9-22/h4-5,10-11H,3,6-9H2,1-2H3. The van der Waals surface area contributed by atoms with Crippen LogP contribution in [0.25, 0.3) is 0 Å². The van der Waals surface area contributed by atoms with E-state index in [1.165, 1.54) is 4.88 Å². The van der Waals surface area contributed by atoms with Crippen LogP contribution < -0.4 is 4.74 Å². The molecule has 2 aliphatic rings. The van der Waals surface area contributed by atoms with E-state index < -0.39 is 0 Å². The lowest BCUT2D eigenvalue weighted by atomic mass is 10.1. The third kappa shape index (κ3) is 2.92. The van der Waals surface area contributed by atoms with Gasteiger partial charge in [0.15, 0.2) is 0 Å². The first-order valence-electron chi connectivity index (χ1n) is 8.26. The number of fused-ring (bicyclic) bond motifs is 2. The number of benzene rings is 1. The number of ether oxygens (including phenoxy) is 1. The monoisotopic (exact) mass is 361 g/mol. The molecule has 0 radical (unpaired) electrons. The SMILES string of the molecule is CCc1cc2c(s1)Oc1ccc(Cl)cc1C(N1CCN(C)CC1)=N2. The molecule has 126 valence electrons. The Morgan fingerprint density at radius 2 is 2.00 bits per heavy atom. The molecule has 0 atom stereocenters. The van der Waals surface area contributed by atoms with Gasteiger partial charge in [0.05, 0.1) is 5.56 Å². The first-order chi connectivity index (χ1) is 11.6. The summed E-state index contributed by atoms with van der Waals surface area (Å²) in [5.74, 6) is 1.81. The van der Waals surface area contributed by atoms with E-state index in [1.54, 1.807) is 11.3 Å². The molecule has 0 saturated carbocycles. The van der Waals surface area contributed by atoms with Crippen LogP contribution in [0.4, 0.5) is 5.69 Å². The van der Waals surface area contributed by atoms with Gasteiger partial charge in [-0.1, -0.05) is 18.5 Å². The largest absolute Gasteiger partial charge is 0.444 e. The third-order valence-electron chi connectivity index (χ3n) is 4.49. The Morgan fingerprint density at radius 3 is 2.75 bits per heavy atom.